The summed E-state index contributed by atoms with van der Waals surface area (Å²) < 4.78 is 5.50. The average molecular weight is 285 g/mol. The van der Waals surface area contributed by atoms with E-state index in [1.54, 1.807) is 18.4 Å². The normalized spacial score (nSPS) is 15.7. The maximum atomic E-state index is 11.2. The lowest BCUT2D eigenvalue weighted by atomic mass is 10.0. The number of furan rings is 1. The average Bonchev–Trinajstić information content (AvgIpc) is 2.89. The number of carboxylic acids is 1. The summed E-state index contributed by atoms with van der Waals surface area (Å²) in [5.41, 5.74) is 2.22. The highest BCUT2D eigenvalue weighted by molar-refractivity contribution is 5.91. The van der Waals surface area contributed by atoms with E-state index in [9.17, 15) is 9.90 Å². The fourth-order valence-corrected chi connectivity index (χ4v) is 2.89. The van der Waals surface area contributed by atoms with Gasteiger partial charge in [-0.2, -0.15) is 0 Å². The maximum absolute atomic E-state index is 11.2. The number of hydrogen-bond acceptors (Lipinski definition) is 3. The third-order valence-electron chi connectivity index (χ3n) is 3.98. The second-order valence-electron chi connectivity index (χ2n) is 5.42. The lowest BCUT2D eigenvalue weighted by Crippen LogP contribution is -2.24. The van der Waals surface area contributed by atoms with Crippen LogP contribution in [0.4, 0.5) is 5.69 Å². The van der Waals surface area contributed by atoms with Crippen molar-refractivity contribution in [2.75, 3.05) is 18.0 Å². The Labute approximate surface area is 124 Å². The van der Waals surface area contributed by atoms with Gasteiger partial charge < -0.3 is 14.4 Å². The Morgan fingerprint density at radius 2 is 1.86 bits per heavy atom. The predicted molar refractivity (Wildman–Crippen MR) is 81.8 cm³/mol. The van der Waals surface area contributed by atoms with Crippen LogP contribution in [0.2, 0.25) is 0 Å². The molecule has 1 aliphatic heterocycles. The van der Waals surface area contributed by atoms with Crippen LogP contribution in [0.3, 0.4) is 0 Å². The third kappa shape index (κ3) is 2.94. The van der Waals surface area contributed by atoms with Crippen LogP contribution in [-0.2, 0) is 0 Å². The topological polar surface area (TPSA) is 53.7 Å². The minimum atomic E-state index is -0.912. The monoisotopic (exact) mass is 285 g/mol. The number of benzene rings is 1. The third-order valence-corrected chi connectivity index (χ3v) is 3.98. The molecule has 2 heterocycles. The SMILES string of the molecule is O=C(O)c1ccc(N2CCCCCC2)c(-c2ccco2)c1. The molecule has 3 rings (SSSR count). The Hall–Kier alpha value is -2.23. The summed E-state index contributed by atoms with van der Waals surface area (Å²) in [5.74, 6) is -0.192. The first-order valence-electron chi connectivity index (χ1n) is 7.42. The zero-order valence-electron chi connectivity index (χ0n) is 11.9. The van der Waals surface area contributed by atoms with Crippen molar-refractivity contribution in [3.05, 3.63) is 42.2 Å². The van der Waals surface area contributed by atoms with Crippen molar-refractivity contribution in [3.8, 4) is 11.3 Å². The van der Waals surface area contributed by atoms with E-state index in [-0.39, 0.29) is 0 Å². The van der Waals surface area contributed by atoms with E-state index in [1.165, 1.54) is 25.7 Å². The predicted octanol–water partition coefficient (Wildman–Crippen LogP) is 4.03. The van der Waals surface area contributed by atoms with E-state index in [0.717, 1.165) is 30.1 Å². The van der Waals surface area contributed by atoms with Crippen molar-refractivity contribution < 1.29 is 14.3 Å². The molecule has 4 heteroatoms. The van der Waals surface area contributed by atoms with Gasteiger partial charge in [-0.15, -0.1) is 0 Å². The van der Waals surface area contributed by atoms with Crippen molar-refractivity contribution in [3.63, 3.8) is 0 Å². The van der Waals surface area contributed by atoms with E-state index in [4.69, 9.17) is 4.42 Å². The van der Waals surface area contributed by atoms with Gasteiger partial charge in [0, 0.05) is 24.3 Å². The van der Waals surface area contributed by atoms with E-state index >= 15 is 0 Å². The molecule has 0 unspecified atom stereocenters. The van der Waals surface area contributed by atoms with Gasteiger partial charge in [0.1, 0.15) is 5.76 Å². The summed E-state index contributed by atoms with van der Waals surface area (Å²) in [5, 5.41) is 9.21. The molecule has 0 bridgehead atoms. The van der Waals surface area contributed by atoms with Crippen LogP contribution in [-0.4, -0.2) is 24.2 Å². The van der Waals surface area contributed by atoms with Crippen LogP contribution in [0, 0.1) is 0 Å². The molecule has 0 aliphatic carbocycles. The Bertz CT molecular complexity index is 611. The van der Waals surface area contributed by atoms with E-state index in [0.29, 0.717) is 5.56 Å². The highest BCUT2D eigenvalue weighted by Gasteiger charge is 2.18. The van der Waals surface area contributed by atoms with Gasteiger partial charge in [-0.1, -0.05) is 12.8 Å². The molecule has 1 aliphatic rings. The molecule has 0 spiro atoms. The molecule has 1 aromatic carbocycles. The van der Waals surface area contributed by atoms with Gasteiger partial charge in [0.15, 0.2) is 0 Å². The summed E-state index contributed by atoms with van der Waals surface area (Å²) in [4.78, 5) is 13.6. The molecule has 4 nitrogen and oxygen atoms in total. The Kier molecular flexibility index (Phi) is 3.95. The first kappa shape index (κ1) is 13.7. The fourth-order valence-electron chi connectivity index (χ4n) is 2.89. The quantitative estimate of drug-likeness (QED) is 0.925. The lowest BCUT2D eigenvalue weighted by molar-refractivity contribution is 0.0697. The van der Waals surface area contributed by atoms with Crippen molar-refractivity contribution in [1.82, 2.24) is 0 Å². The molecule has 1 N–H and O–H groups in total. The number of aromatic carboxylic acids is 1. The van der Waals surface area contributed by atoms with Gasteiger partial charge in [0.25, 0.3) is 0 Å². The van der Waals surface area contributed by atoms with Crippen LogP contribution in [0.5, 0.6) is 0 Å². The van der Waals surface area contributed by atoms with Crippen molar-refractivity contribution in [1.29, 1.82) is 0 Å². The molecule has 21 heavy (non-hydrogen) atoms. The molecule has 0 atom stereocenters. The highest BCUT2D eigenvalue weighted by Crippen LogP contribution is 2.33. The van der Waals surface area contributed by atoms with Gasteiger partial charge in [-0.25, -0.2) is 4.79 Å². The van der Waals surface area contributed by atoms with Crippen LogP contribution < -0.4 is 4.90 Å². The number of rotatable bonds is 3. The molecule has 0 amide bonds. The highest BCUT2D eigenvalue weighted by atomic mass is 16.4. The molecule has 1 fully saturated rings. The molecule has 110 valence electrons. The number of carbonyl (C=O) groups is 1. The van der Waals surface area contributed by atoms with Crippen molar-refractivity contribution >= 4 is 11.7 Å². The van der Waals surface area contributed by atoms with Crippen molar-refractivity contribution in [2.45, 2.75) is 25.7 Å². The maximum Gasteiger partial charge on any atom is 0.335 e. The molecule has 2 aromatic rings. The zero-order chi connectivity index (χ0) is 14.7. The molecule has 0 radical (unpaired) electrons. The number of hydrogen-bond donors (Lipinski definition) is 1. The van der Waals surface area contributed by atoms with E-state index < -0.39 is 5.97 Å². The number of carboxylic acid groups (broad SMARTS) is 1. The summed E-state index contributed by atoms with van der Waals surface area (Å²) in [6.45, 7) is 2.03. The van der Waals surface area contributed by atoms with Gasteiger partial charge in [0.05, 0.1) is 11.8 Å². The first-order chi connectivity index (χ1) is 10.3. The molecule has 0 saturated carbocycles. The Morgan fingerprint density at radius 3 is 2.48 bits per heavy atom. The van der Waals surface area contributed by atoms with E-state index in [2.05, 4.69) is 4.90 Å². The standard InChI is InChI=1S/C17H19NO3/c19-17(20)13-7-8-15(18-9-3-1-2-4-10-18)14(12-13)16-6-5-11-21-16/h5-8,11-12H,1-4,9-10H2,(H,19,20). The van der Waals surface area contributed by atoms with Crippen LogP contribution in [0.25, 0.3) is 11.3 Å². The lowest BCUT2D eigenvalue weighted by Gasteiger charge is -2.25. The Balaban J connectivity index is 2.04. The second kappa shape index (κ2) is 6.04. The molecule has 1 aromatic heterocycles. The smallest absolute Gasteiger partial charge is 0.335 e. The van der Waals surface area contributed by atoms with Crippen LogP contribution in [0.15, 0.2) is 41.0 Å². The summed E-state index contributed by atoms with van der Waals surface area (Å²) in [7, 11) is 0. The summed E-state index contributed by atoms with van der Waals surface area (Å²) >= 11 is 0. The summed E-state index contributed by atoms with van der Waals surface area (Å²) in [6.07, 6.45) is 6.51. The van der Waals surface area contributed by atoms with Gasteiger partial charge in [-0.3, -0.25) is 0 Å². The summed E-state index contributed by atoms with van der Waals surface area (Å²) in [6, 6.07) is 9.00. The van der Waals surface area contributed by atoms with Gasteiger partial charge >= 0.3 is 5.97 Å². The van der Waals surface area contributed by atoms with Gasteiger partial charge in [-0.05, 0) is 43.2 Å². The first-order valence-corrected chi connectivity index (χ1v) is 7.42. The van der Waals surface area contributed by atoms with Crippen LogP contribution in [0.1, 0.15) is 36.0 Å². The second-order valence-corrected chi connectivity index (χ2v) is 5.42. The minimum Gasteiger partial charge on any atom is -0.478 e. The zero-order valence-corrected chi connectivity index (χ0v) is 11.9. The van der Waals surface area contributed by atoms with Gasteiger partial charge in [0.2, 0.25) is 0 Å². The molecule has 1 saturated heterocycles. The van der Waals surface area contributed by atoms with E-state index in [1.807, 2.05) is 18.2 Å². The minimum absolute atomic E-state index is 0.292. The largest absolute Gasteiger partial charge is 0.478 e. The van der Waals surface area contributed by atoms with Crippen LogP contribution >= 0.6 is 0 Å². The number of nitrogens with zero attached hydrogens (tertiary/aromatic N) is 1. The fraction of sp³-hybridized carbons (Fsp3) is 0.353. The van der Waals surface area contributed by atoms with Crippen molar-refractivity contribution in [2.24, 2.45) is 0 Å². The number of anilines is 1. The molecular weight excluding hydrogens is 266 g/mol. The molecular formula is C17H19NO3. The Morgan fingerprint density at radius 1 is 1.10 bits per heavy atom.